The average Bonchev–Trinajstić information content (AvgIpc) is 3.98. The molecular weight excluding hydrogens is 525 g/mol. The number of hydrogen-bond donors (Lipinski definition) is 4. The Morgan fingerprint density at radius 1 is 1.07 bits per heavy atom. The van der Waals surface area contributed by atoms with Gasteiger partial charge in [-0.15, -0.1) is 5.53 Å². The first kappa shape index (κ1) is 25.1. The lowest BCUT2D eigenvalue weighted by atomic mass is 9.98. The van der Waals surface area contributed by atoms with Crippen molar-refractivity contribution in [2.24, 2.45) is 0 Å². The maximum atomic E-state index is 14.0. The summed E-state index contributed by atoms with van der Waals surface area (Å²) >= 11 is 0. The molecule has 0 saturated heterocycles. The van der Waals surface area contributed by atoms with E-state index in [2.05, 4.69) is 52.8 Å². The molecule has 3 aliphatic rings. The maximum absolute atomic E-state index is 14.0. The van der Waals surface area contributed by atoms with Gasteiger partial charge in [-0.05, 0) is 79.0 Å². The molecule has 212 valence electrons. The van der Waals surface area contributed by atoms with Crippen LogP contribution in [0.1, 0.15) is 80.6 Å². The van der Waals surface area contributed by atoms with Crippen LogP contribution in [0.25, 0.3) is 10.9 Å². The van der Waals surface area contributed by atoms with Gasteiger partial charge in [0.05, 0.1) is 35.9 Å². The molecule has 2 heterocycles. The zero-order chi connectivity index (χ0) is 29.6. The highest BCUT2D eigenvalue weighted by molar-refractivity contribution is 5.98. The number of benzene rings is 3. The number of pyridine rings is 1. The SMILES string of the molecule is [2H]C(Nc1cc(C2CC2)c2ncc(C#N)c(N[C@H](CC)c3ccccc3)c2c1)(C1=CN(C2CC2)NN1)c1ccc(F)cc1. The van der Waals surface area contributed by atoms with Crippen molar-refractivity contribution in [3.8, 4) is 6.07 Å². The van der Waals surface area contributed by atoms with Crippen LogP contribution in [0.4, 0.5) is 15.8 Å². The van der Waals surface area contributed by atoms with Gasteiger partial charge in [-0.2, -0.15) is 5.26 Å². The third-order valence-electron chi connectivity index (χ3n) is 8.27. The Balaban J connectivity index is 1.35. The summed E-state index contributed by atoms with van der Waals surface area (Å²) in [7, 11) is 0. The maximum Gasteiger partial charge on any atom is 0.123 e. The molecule has 0 radical (unpaired) electrons. The highest BCUT2D eigenvalue weighted by Gasteiger charge is 2.33. The van der Waals surface area contributed by atoms with Gasteiger partial charge in [0, 0.05) is 29.5 Å². The van der Waals surface area contributed by atoms with E-state index in [0.29, 0.717) is 28.8 Å². The first-order valence-corrected chi connectivity index (χ1v) is 14.7. The first-order chi connectivity index (χ1) is 21.0. The molecule has 3 aromatic carbocycles. The van der Waals surface area contributed by atoms with Crippen molar-refractivity contribution < 1.29 is 5.76 Å². The van der Waals surface area contributed by atoms with Crippen molar-refractivity contribution in [1.82, 2.24) is 21.0 Å². The fourth-order valence-corrected chi connectivity index (χ4v) is 5.69. The van der Waals surface area contributed by atoms with Gasteiger partial charge in [-0.25, -0.2) is 4.39 Å². The number of rotatable bonds is 10. The van der Waals surface area contributed by atoms with E-state index in [-0.39, 0.29) is 11.9 Å². The number of anilines is 2. The summed E-state index contributed by atoms with van der Waals surface area (Å²) in [6, 6.07) is 21.7. The fourth-order valence-electron chi connectivity index (χ4n) is 5.69. The molecule has 7 nitrogen and oxygen atoms in total. The van der Waals surface area contributed by atoms with Crippen LogP contribution >= 0.6 is 0 Å². The summed E-state index contributed by atoms with van der Waals surface area (Å²) in [5.74, 6) is 0.0177. The second-order valence-corrected chi connectivity index (χ2v) is 11.3. The van der Waals surface area contributed by atoms with Crippen molar-refractivity contribution in [2.45, 2.75) is 63.0 Å². The Morgan fingerprint density at radius 2 is 1.86 bits per heavy atom. The van der Waals surface area contributed by atoms with Crippen LogP contribution in [0, 0.1) is 17.1 Å². The number of hydrazine groups is 2. The number of hydrogen-bond acceptors (Lipinski definition) is 7. The molecule has 7 rings (SSSR count). The average molecular weight is 561 g/mol. The van der Waals surface area contributed by atoms with Gasteiger partial charge >= 0.3 is 0 Å². The highest BCUT2D eigenvalue weighted by atomic mass is 19.1. The number of fused-ring (bicyclic) bond motifs is 1. The van der Waals surface area contributed by atoms with Crippen LogP contribution in [0.15, 0.2) is 84.8 Å². The van der Waals surface area contributed by atoms with Gasteiger partial charge in [0.1, 0.15) is 11.9 Å². The van der Waals surface area contributed by atoms with Gasteiger partial charge < -0.3 is 16.1 Å². The van der Waals surface area contributed by atoms with Crippen LogP contribution in [0.3, 0.4) is 0 Å². The van der Waals surface area contributed by atoms with Crippen LogP contribution in [-0.2, 0) is 0 Å². The smallest absolute Gasteiger partial charge is 0.123 e. The van der Waals surface area contributed by atoms with E-state index in [1.165, 1.54) is 12.1 Å². The zero-order valence-corrected chi connectivity index (χ0v) is 23.5. The van der Waals surface area contributed by atoms with E-state index in [1.807, 2.05) is 35.5 Å². The van der Waals surface area contributed by atoms with Gasteiger partial charge in [-0.1, -0.05) is 49.4 Å². The van der Waals surface area contributed by atoms with Crippen molar-refractivity contribution in [1.29, 1.82) is 5.26 Å². The second-order valence-electron chi connectivity index (χ2n) is 11.3. The molecule has 0 amide bonds. The van der Waals surface area contributed by atoms with Crippen LogP contribution in [-0.4, -0.2) is 16.0 Å². The molecule has 2 fully saturated rings. The predicted molar refractivity (Wildman–Crippen MR) is 164 cm³/mol. The van der Waals surface area contributed by atoms with Crippen molar-refractivity contribution in [3.05, 3.63) is 113 Å². The minimum atomic E-state index is -1.46. The quantitative estimate of drug-likeness (QED) is 0.164. The highest BCUT2D eigenvalue weighted by Crippen LogP contribution is 2.46. The molecule has 1 aliphatic heterocycles. The predicted octanol–water partition coefficient (Wildman–Crippen LogP) is 7.17. The Morgan fingerprint density at radius 3 is 2.55 bits per heavy atom. The first-order valence-electron chi connectivity index (χ1n) is 15.2. The topological polar surface area (TPSA) is 88.0 Å². The van der Waals surface area contributed by atoms with Gasteiger partial charge in [0.15, 0.2) is 0 Å². The molecule has 8 heteroatoms. The van der Waals surface area contributed by atoms with E-state index >= 15 is 0 Å². The molecule has 0 spiro atoms. The molecule has 2 saturated carbocycles. The summed E-state index contributed by atoms with van der Waals surface area (Å²) in [5, 5.41) is 20.2. The zero-order valence-electron chi connectivity index (χ0n) is 24.5. The van der Waals surface area contributed by atoms with E-state index in [4.69, 9.17) is 4.98 Å². The third kappa shape index (κ3) is 5.24. The Bertz CT molecular complexity index is 1730. The fraction of sp³-hybridized carbons (Fsp3) is 0.294. The molecule has 4 N–H and O–H groups in total. The Hall–Kier alpha value is -4.61. The second kappa shape index (κ2) is 11.0. The summed E-state index contributed by atoms with van der Waals surface area (Å²) in [6.07, 6.45) is 8.75. The van der Waals surface area contributed by atoms with E-state index in [0.717, 1.165) is 65.5 Å². The standard InChI is InChI=1S/C34H34FN7/c1-2-30(22-6-4-3-5-7-22)39-32-24(18-36)19-37-34-28(21-8-9-21)16-26(17-29(32)34)38-33(23-10-12-25(35)13-11-23)31-20-42(41-40-31)27-14-15-27/h3-7,10-13,16-17,19-21,27,30,33,38,40-41H,2,8-9,14-15H2,1H3,(H,37,39)/t30-,33?/m1/s1/i33D. The molecule has 2 aliphatic carbocycles. The molecular formula is C34H34FN7. The largest absolute Gasteiger partial charge is 0.377 e. The van der Waals surface area contributed by atoms with Crippen molar-refractivity contribution in [2.75, 3.05) is 10.6 Å². The van der Waals surface area contributed by atoms with Crippen molar-refractivity contribution >= 4 is 22.3 Å². The lowest BCUT2D eigenvalue weighted by Crippen LogP contribution is -2.38. The third-order valence-corrected chi connectivity index (χ3v) is 8.27. The van der Waals surface area contributed by atoms with Crippen LogP contribution in [0.2, 0.25) is 0 Å². The molecule has 0 bridgehead atoms. The van der Waals surface area contributed by atoms with Crippen LogP contribution in [0.5, 0.6) is 0 Å². The lowest BCUT2D eigenvalue weighted by molar-refractivity contribution is 0.260. The summed E-state index contributed by atoms with van der Waals surface area (Å²) in [4.78, 5) is 4.78. The number of aromatic nitrogens is 1. The lowest BCUT2D eigenvalue weighted by Gasteiger charge is -2.24. The van der Waals surface area contributed by atoms with E-state index < -0.39 is 6.02 Å². The van der Waals surface area contributed by atoms with Gasteiger partial charge in [-0.3, -0.25) is 9.99 Å². The molecule has 4 aromatic rings. The van der Waals surface area contributed by atoms with Gasteiger partial charge in [0.25, 0.3) is 0 Å². The molecule has 2 atom stereocenters. The monoisotopic (exact) mass is 560 g/mol. The van der Waals surface area contributed by atoms with E-state index in [1.54, 1.807) is 18.3 Å². The Labute approximate surface area is 246 Å². The summed E-state index contributed by atoms with van der Waals surface area (Å²) in [5.41, 5.74) is 12.6. The molecule has 42 heavy (non-hydrogen) atoms. The number of halogens is 1. The van der Waals surface area contributed by atoms with E-state index in [9.17, 15) is 11.0 Å². The number of nitrogens with one attached hydrogen (secondary N) is 4. The minimum absolute atomic E-state index is 0.00157. The number of nitrogens with zero attached hydrogens (tertiary/aromatic N) is 3. The summed E-state index contributed by atoms with van der Waals surface area (Å²) in [6.45, 7) is 2.13. The number of nitriles is 1. The minimum Gasteiger partial charge on any atom is -0.377 e. The van der Waals surface area contributed by atoms with Crippen LogP contribution < -0.4 is 21.6 Å². The van der Waals surface area contributed by atoms with Crippen molar-refractivity contribution in [3.63, 3.8) is 0 Å². The Kier molecular flexibility index (Phi) is 6.58. The van der Waals surface area contributed by atoms with Gasteiger partial charge in [0.2, 0.25) is 0 Å². The summed E-state index contributed by atoms with van der Waals surface area (Å²) < 4.78 is 23.8. The molecule has 1 aromatic heterocycles. The molecule has 1 unspecified atom stereocenters. The normalized spacial score (nSPS) is 18.8.